The fourth-order valence-corrected chi connectivity index (χ4v) is 2.01. The normalized spacial score (nSPS) is 11.8. The summed E-state index contributed by atoms with van der Waals surface area (Å²) in [5.41, 5.74) is 0.127. The van der Waals surface area contributed by atoms with Crippen molar-refractivity contribution in [3.05, 3.63) is 69.0 Å². The zero-order valence-electron chi connectivity index (χ0n) is 11.5. The summed E-state index contributed by atoms with van der Waals surface area (Å²) in [4.78, 5) is 22.2. The van der Waals surface area contributed by atoms with Crippen molar-refractivity contribution in [3.63, 3.8) is 0 Å². The molecule has 2 rings (SSSR count). The zero-order chi connectivity index (χ0) is 16.3. The lowest BCUT2D eigenvalue weighted by atomic mass is 10.1. The molecule has 0 aliphatic rings. The first-order valence-electron chi connectivity index (χ1n) is 6.29. The van der Waals surface area contributed by atoms with Crippen molar-refractivity contribution in [1.82, 2.24) is 0 Å². The van der Waals surface area contributed by atoms with Gasteiger partial charge in [-0.15, -0.1) is 0 Å². The van der Waals surface area contributed by atoms with Crippen LogP contribution in [0.3, 0.4) is 0 Å². The lowest BCUT2D eigenvalue weighted by Gasteiger charge is -2.14. The molecule has 5 nitrogen and oxygen atoms in total. The Labute approximate surface area is 130 Å². The number of ketones is 1. The number of Topliss-reactive ketones (excluding diaryl/α,β-unsaturated/α-hetero) is 1. The van der Waals surface area contributed by atoms with E-state index in [0.29, 0.717) is 5.56 Å². The predicted molar refractivity (Wildman–Crippen MR) is 78.9 cm³/mol. The van der Waals surface area contributed by atoms with E-state index in [0.717, 1.165) is 6.07 Å². The second-order valence-corrected chi connectivity index (χ2v) is 4.91. The van der Waals surface area contributed by atoms with E-state index < -0.39 is 16.8 Å². The summed E-state index contributed by atoms with van der Waals surface area (Å²) in [6.07, 6.45) is -0.871. The third-order valence-electron chi connectivity index (χ3n) is 2.93. The van der Waals surface area contributed by atoms with Crippen LogP contribution in [-0.2, 0) is 0 Å². The summed E-state index contributed by atoms with van der Waals surface area (Å²) in [7, 11) is 0. The Morgan fingerprint density at radius 3 is 2.45 bits per heavy atom. The average Bonchev–Trinajstić information content (AvgIpc) is 2.49. The lowest BCUT2D eigenvalue weighted by Crippen LogP contribution is -2.24. The molecule has 1 atom stereocenters. The van der Waals surface area contributed by atoms with Crippen LogP contribution >= 0.6 is 11.6 Å². The molecule has 114 valence electrons. The van der Waals surface area contributed by atoms with Gasteiger partial charge in [-0.3, -0.25) is 14.9 Å². The van der Waals surface area contributed by atoms with Gasteiger partial charge < -0.3 is 4.74 Å². The number of halogens is 2. The van der Waals surface area contributed by atoms with Crippen LogP contribution in [0.1, 0.15) is 17.3 Å². The first kappa shape index (κ1) is 15.9. The Bertz CT molecular complexity index is 718. The molecule has 0 N–H and O–H groups in total. The first-order valence-corrected chi connectivity index (χ1v) is 6.66. The number of rotatable bonds is 5. The maximum Gasteiger partial charge on any atom is 0.271 e. The van der Waals surface area contributed by atoms with Crippen LogP contribution in [0.25, 0.3) is 0 Å². The largest absolute Gasteiger partial charge is 0.481 e. The second kappa shape index (κ2) is 6.53. The van der Waals surface area contributed by atoms with E-state index in [2.05, 4.69) is 0 Å². The van der Waals surface area contributed by atoms with Gasteiger partial charge in [-0.1, -0.05) is 11.6 Å². The molecule has 0 aliphatic heterocycles. The van der Waals surface area contributed by atoms with Crippen LogP contribution in [0.5, 0.6) is 5.75 Å². The third-order valence-corrected chi connectivity index (χ3v) is 3.22. The summed E-state index contributed by atoms with van der Waals surface area (Å²) >= 11 is 5.90. The number of benzene rings is 2. The van der Waals surface area contributed by atoms with Crippen molar-refractivity contribution in [3.8, 4) is 5.75 Å². The van der Waals surface area contributed by atoms with Gasteiger partial charge in [0.05, 0.1) is 9.95 Å². The van der Waals surface area contributed by atoms with E-state index in [9.17, 15) is 19.3 Å². The molecule has 0 bridgehead atoms. The van der Waals surface area contributed by atoms with Gasteiger partial charge >= 0.3 is 0 Å². The Morgan fingerprint density at radius 2 is 1.91 bits per heavy atom. The third kappa shape index (κ3) is 3.59. The van der Waals surface area contributed by atoms with Crippen LogP contribution in [0.15, 0.2) is 42.5 Å². The topological polar surface area (TPSA) is 69.4 Å². The zero-order valence-corrected chi connectivity index (χ0v) is 12.2. The number of ether oxygens (including phenoxy) is 1. The fraction of sp³-hybridized carbons (Fsp3) is 0.133. The molecule has 0 aliphatic carbocycles. The maximum absolute atomic E-state index is 12.8. The highest BCUT2D eigenvalue weighted by molar-refractivity contribution is 6.32. The van der Waals surface area contributed by atoms with Gasteiger partial charge in [0.1, 0.15) is 11.6 Å². The average molecular weight is 324 g/mol. The first-order chi connectivity index (χ1) is 10.4. The molecule has 2 aromatic rings. The molecule has 7 heteroatoms. The number of carbonyl (C=O) groups excluding carboxylic acids is 1. The Kier molecular flexibility index (Phi) is 4.72. The molecule has 0 heterocycles. The SMILES string of the molecule is CC(Oc1ccc([N+](=O)[O-])cc1Cl)C(=O)c1ccc(F)cc1. The van der Waals surface area contributed by atoms with Crippen LogP contribution in [0.2, 0.25) is 5.02 Å². The highest BCUT2D eigenvalue weighted by Gasteiger charge is 2.19. The molecule has 0 radical (unpaired) electrons. The monoisotopic (exact) mass is 323 g/mol. The van der Waals surface area contributed by atoms with Crippen LogP contribution < -0.4 is 4.74 Å². The van der Waals surface area contributed by atoms with Gasteiger partial charge in [0, 0.05) is 17.7 Å². The van der Waals surface area contributed by atoms with E-state index in [-0.39, 0.29) is 22.2 Å². The van der Waals surface area contributed by atoms with Gasteiger partial charge in [0.25, 0.3) is 5.69 Å². The number of hydrogen-bond donors (Lipinski definition) is 0. The van der Waals surface area contributed by atoms with Crippen molar-refractivity contribution in [2.45, 2.75) is 13.0 Å². The summed E-state index contributed by atoms with van der Waals surface area (Å²) in [5, 5.41) is 10.7. The Hall–Kier alpha value is -2.47. The number of carbonyl (C=O) groups is 1. The lowest BCUT2D eigenvalue weighted by molar-refractivity contribution is -0.384. The standard InChI is InChI=1S/C15H11ClFNO4/c1-9(15(19)10-2-4-11(17)5-3-10)22-14-7-6-12(18(20)21)8-13(14)16/h2-9H,1H3. The molecule has 0 aromatic heterocycles. The van der Waals surface area contributed by atoms with Gasteiger partial charge in [-0.05, 0) is 37.3 Å². The highest BCUT2D eigenvalue weighted by atomic mass is 35.5. The Morgan fingerprint density at radius 1 is 1.27 bits per heavy atom. The molecule has 22 heavy (non-hydrogen) atoms. The fourth-order valence-electron chi connectivity index (χ4n) is 1.79. The van der Waals surface area contributed by atoms with Crippen molar-refractivity contribution < 1.29 is 18.8 Å². The Balaban J connectivity index is 2.14. The quantitative estimate of drug-likeness (QED) is 0.473. The number of nitro groups is 1. The van der Waals surface area contributed by atoms with Crippen molar-refractivity contribution in [2.75, 3.05) is 0 Å². The van der Waals surface area contributed by atoms with Crippen LogP contribution in [-0.4, -0.2) is 16.8 Å². The van der Waals surface area contributed by atoms with E-state index in [4.69, 9.17) is 16.3 Å². The van der Waals surface area contributed by atoms with E-state index in [1.807, 2.05) is 0 Å². The molecule has 0 fully saturated rings. The molecule has 0 amide bonds. The second-order valence-electron chi connectivity index (χ2n) is 4.50. The maximum atomic E-state index is 12.8. The summed E-state index contributed by atoms with van der Waals surface area (Å²) < 4.78 is 18.3. The minimum absolute atomic E-state index is 0.0351. The summed E-state index contributed by atoms with van der Waals surface area (Å²) in [6, 6.07) is 8.78. The predicted octanol–water partition coefficient (Wildman–Crippen LogP) is 4.04. The summed E-state index contributed by atoms with van der Waals surface area (Å²) in [5.74, 6) is -0.631. The van der Waals surface area contributed by atoms with E-state index >= 15 is 0 Å². The smallest absolute Gasteiger partial charge is 0.271 e. The number of nitrogens with zero attached hydrogens (tertiary/aromatic N) is 1. The van der Waals surface area contributed by atoms with E-state index in [1.165, 1.54) is 43.3 Å². The van der Waals surface area contributed by atoms with Crippen molar-refractivity contribution in [2.24, 2.45) is 0 Å². The number of non-ortho nitro benzene ring substituents is 1. The summed E-state index contributed by atoms with van der Waals surface area (Å²) in [6.45, 7) is 1.52. The molecule has 0 spiro atoms. The molecule has 2 aromatic carbocycles. The molecule has 1 unspecified atom stereocenters. The minimum atomic E-state index is -0.871. The van der Waals surface area contributed by atoms with Gasteiger partial charge in [-0.25, -0.2) is 4.39 Å². The van der Waals surface area contributed by atoms with Gasteiger partial charge in [0.15, 0.2) is 6.10 Å². The number of nitro benzene ring substituents is 1. The van der Waals surface area contributed by atoms with Crippen molar-refractivity contribution >= 4 is 23.1 Å². The highest BCUT2D eigenvalue weighted by Crippen LogP contribution is 2.29. The van der Waals surface area contributed by atoms with Crippen molar-refractivity contribution in [1.29, 1.82) is 0 Å². The molecule has 0 saturated heterocycles. The van der Waals surface area contributed by atoms with E-state index in [1.54, 1.807) is 0 Å². The molecular weight excluding hydrogens is 313 g/mol. The number of hydrogen-bond acceptors (Lipinski definition) is 4. The molecule has 0 saturated carbocycles. The molecular formula is C15H11ClFNO4. The van der Waals surface area contributed by atoms with Crippen LogP contribution in [0, 0.1) is 15.9 Å². The van der Waals surface area contributed by atoms with Gasteiger partial charge in [0.2, 0.25) is 5.78 Å². The minimum Gasteiger partial charge on any atom is -0.481 e. The van der Waals surface area contributed by atoms with Crippen LogP contribution in [0.4, 0.5) is 10.1 Å². The van der Waals surface area contributed by atoms with Gasteiger partial charge in [-0.2, -0.15) is 0 Å².